The number of nitrogens with zero attached hydrogens (tertiary/aromatic N) is 1. The molecule has 4 N–H and O–H groups in total. The Labute approximate surface area is 109 Å². The van der Waals surface area contributed by atoms with Gasteiger partial charge in [-0.2, -0.15) is 0 Å². The summed E-state index contributed by atoms with van der Waals surface area (Å²) in [5.74, 6) is 0.255. The van der Waals surface area contributed by atoms with Crippen molar-refractivity contribution in [1.29, 1.82) is 0 Å². The predicted molar refractivity (Wildman–Crippen MR) is 71.3 cm³/mol. The topological polar surface area (TPSA) is 87.7 Å². The average Bonchev–Trinajstić information content (AvgIpc) is 2.68. The Balaban J connectivity index is 2.60. The lowest BCUT2D eigenvalue weighted by Gasteiger charge is -2.17. The van der Waals surface area contributed by atoms with Crippen LogP contribution in [-0.4, -0.2) is 23.0 Å². The number of carbonyl (C=O) groups excluding carboxylic acids is 1. The van der Waals surface area contributed by atoms with Gasteiger partial charge >= 0.3 is 0 Å². The Morgan fingerprint density at radius 3 is 2.22 bits per heavy atom. The van der Waals surface area contributed by atoms with Crippen LogP contribution in [0.5, 0.6) is 0 Å². The Morgan fingerprint density at radius 2 is 1.89 bits per heavy atom. The monoisotopic (exact) mass is 255 g/mol. The number of amides is 1. The molecule has 0 aromatic heterocycles. The van der Waals surface area contributed by atoms with Crippen LogP contribution in [0.15, 0.2) is 5.16 Å². The van der Waals surface area contributed by atoms with E-state index < -0.39 is 0 Å². The molecule has 1 aliphatic rings. The molecule has 0 aliphatic heterocycles. The Kier molecular flexibility index (Phi) is 3.93. The molecule has 1 saturated carbocycles. The molecule has 0 radical (unpaired) electrons. The van der Waals surface area contributed by atoms with E-state index in [1.54, 1.807) is 0 Å². The summed E-state index contributed by atoms with van der Waals surface area (Å²) in [6, 6.07) is -0.0689. The maximum Gasteiger partial charge on any atom is 0.224 e. The van der Waals surface area contributed by atoms with Crippen molar-refractivity contribution in [3.63, 3.8) is 0 Å². The maximum atomic E-state index is 12.2. The van der Waals surface area contributed by atoms with E-state index in [1.807, 2.05) is 6.92 Å². The first-order valence-corrected chi connectivity index (χ1v) is 6.45. The molecule has 1 aliphatic carbocycles. The van der Waals surface area contributed by atoms with Gasteiger partial charge in [0.1, 0.15) is 5.84 Å². The van der Waals surface area contributed by atoms with Crippen LogP contribution in [0.4, 0.5) is 0 Å². The van der Waals surface area contributed by atoms with E-state index in [1.165, 1.54) is 0 Å². The summed E-state index contributed by atoms with van der Waals surface area (Å²) in [5.41, 5.74) is 5.54. The number of carbonyl (C=O) groups is 1. The van der Waals surface area contributed by atoms with Crippen LogP contribution in [0, 0.1) is 16.7 Å². The van der Waals surface area contributed by atoms with Gasteiger partial charge in [0.2, 0.25) is 5.91 Å². The van der Waals surface area contributed by atoms with Crippen molar-refractivity contribution in [2.75, 3.05) is 0 Å². The smallest absolute Gasteiger partial charge is 0.224 e. The molecule has 1 atom stereocenters. The molecule has 0 heterocycles. The quantitative estimate of drug-likeness (QED) is 0.302. The number of oxime groups is 1. The van der Waals surface area contributed by atoms with E-state index >= 15 is 0 Å². The first kappa shape index (κ1) is 14.8. The third-order valence-corrected chi connectivity index (χ3v) is 4.71. The van der Waals surface area contributed by atoms with Gasteiger partial charge in [0.15, 0.2) is 0 Å². The fourth-order valence-corrected chi connectivity index (χ4v) is 2.73. The summed E-state index contributed by atoms with van der Waals surface area (Å²) in [5, 5.41) is 14.5. The van der Waals surface area contributed by atoms with Crippen LogP contribution in [0.3, 0.4) is 0 Å². The normalized spacial score (nSPS) is 23.5. The first-order chi connectivity index (χ1) is 8.18. The lowest BCUT2D eigenvalue weighted by molar-refractivity contribution is -0.124. The van der Waals surface area contributed by atoms with Crippen LogP contribution in [0.2, 0.25) is 0 Å². The third kappa shape index (κ3) is 2.44. The van der Waals surface area contributed by atoms with Crippen molar-refractivity contribution >= 4 is 11.7 Å². The van der Waals surface area contributed by atoms with E-state index in [0.717, 1.165) is 6.42 Å². The molecular formula is C13H25N3O2. The largest absolute Gasteiger partial charge is 0.409 e. The van der Waals surface area contributed by atoms with Crippen LogP contribution in [-0.2, 0) is 4.79 Å². The van der Waals surface area contributed by atoms with Gasteiger partial charge in [0.05, 0.1) is 0 Å². The zero-order valence-electron chi connectivity index (χ0n) is 11.9. The van der Waals surface area contributed by atoms with Crippen LogP contribution < -0.4 is 11.1 Å². The van der Waals surface area contributed by atoms with E-state index in [0.29, 0.717) is 6.42 Å². The SMILES string of the molecule is CCC(CC(N)=NO)NC(=O)C1C(C)(C)C1(C)C. The number of hydrogen-bond donors (Lipinski definition) is 3. The minimum Gasteiger partial charge on any atom is -0.409 e. The molecule has 1 fully saturated rings. The number of hydrogen-bond acceptors (Lipinski definition) is 3. The third-order valence-electron chi connectivity index (χ3n) is 4.71. The zero-order chi connectivity index (χ0) is 14.1. The molecule has 1 rings (SSSR count). The van der Waals surface area contributed by atoms with E-state index in [2.05, 4.69) is 38.2 Å². The standard InChI is InChI=1S/C13H25N3O2/c1-6-8(7-9(14)16-18)15-11(17)10-12(2,3)13(10,4)5/h8,10,18H,6-7H2,1-5H3,(H2,14,16)(H,15,17). The number of amidine groups is 1. The Hall–Kier alpha value is -1.26. The van der Waals surface area contributed by atoms with Gasteiger partial charge in [-0.3, -0.25) is 4.79 Å². The number of nitrogens with one attached hydrogen (secondary N) is 1. The van der Waals surface area contributed by atoms with Crippen LogP contribution in [0.25, 0.3) is 0 Å². The molecule has 0 aromatic carbocycles. The van der Waals surface area contributed by atoms with Gasteiger partial charge in [-0.05, 0) is 17.3 Å². The molecule has 104 valence electrons. The Morgan fingerprint density at radius 1 is 1.39 bits per heavy atom. The summed E-state index contributed by atoms with van der Waals surface area (Å²) in [4.78, 5) is 12.2. The molecule has 0 aromatic rings. The molecule has 1 unspecified atom stereocenters. The molecule has 0 spiro atoms. The number of nitrogens with two attached hydrogens (primary N) is 1. The van der Waals surface area contributed by atoms with Crippen molar-refractivity contribution in [2.45, 2.75) is 53.5 Å². The van der Waals surface area contributed by atoms with Gasteiger partial charge in [-0.25, -0.2) is 0 Å². The highest BCUT2D eigenvalue weighted by molar-refractivity contribution is 5.85. The van der Waals surface area contributed by atoms with Crippen LogP contribution in [0.1, 0.15) is 47.5 Å². The molecular weight excluding hydrogens is 230 g/mol. The second kappa shape index (κ2) is 4.78. The zero-order valence-corrected chi connectivity index (χ0v) is 11.9. The van der Waals surface area contributed by atoms with Crippen molar-refractivity contribution < 1.29 is 10.0 Å². The fraction of sp³-hybridized carbons (Fsp3) is 0.846. The lowest BCUT2D eigenvalue weighted by atomic mass is 10.0. The fourth-order valence-electron chi connectivity index (χ4n) is 2.73. The maximum absolute atomic E-state index is 12.2. The van der Waals surface area contributed by atoms with Gasteiger partial charge in [0.25, 0.3) is 0 Å². The summed E-state index contributed by atoms with van der Waals surface area (Å²) < 4.78 is 0. The molecule has 18 heavy (non-hydrogen) atoms. The van der Waals surface area contributed by atoms with Crippen LogP contribution >= 0.6 is 0 Å². The average molecular weight is 255 g/mol. The highest BCUT2D eigenvalue weighted by atomic mass is 16.4. The minimum atomic E-state index is -0.0689. The molecule has 5 nitrogen and oxygen atoms in total. The van der Waals surface area contributed by atoms with E-state index in [9.17, 15) is 4.79 Å². The lowest BCUT2D eigenvalue weighted by Crippen LogP contribution is -2.39. The van der Waals surface area contributed by atoms with E-state index in [4.69, 9.17) is 10.9 Å². The van der Waals surface area contributed by atoms with Crippen molar-refractivity contribution in [2.24, 2.45) is 27.6 Å². The van der Waals surface area contributed by atoms with Gasteiger partial charge in [0, 0.05) is 18.4 Å². The second-order valence-electron chi connectivity index (χ2n) is 6.29. The Bertz CT molecular complexity index is 347. The summed E-state index contributed by atoms with van der Waals surface area (Å²) >= 11 is 0. The summed E-state index contributed by atoms with van der Waals surface area (Å²) in [7, 11) is 0. The second-order valence-corrected chi connectivity index (χ2v) is 6.29. The van der Waals surface area contributed by atoms with E-state index in [-0.39, 0.29) is 34.5 Å². The highest BCUT2D eigenvalue weighted by Crippen LogP contribution is 2.68. The highest BCUT2D eigenvalue weighted by Gasteiger charge is 2.68. The number of rotatable bonds is 5. The molecule has 0 saturated heterocycles. The molecule has 1 amide bonds. The minimum absolute atomic E-state index is 0.0336. The molecule has 0 bridgehead atoms. The predicted octanol–water partition coefficient (Wildman–Crippen LogP) is 1.70. The van der Waals surface area contributed by atoms with Crippen molar-refractivity contribution in [3.8, 4) is 0 Å². The summed E-state index contributed by atoms with van der Waals surface area (Å²) in [6.07, 6.45) is 1.14. The summed E-state index contributed by atoms with van der Waals surface area (Å²) in [6.45, 7) is 10.4. The van der Waals surface area contributed by atoms with Gasteiger partial charge < -0.3 is 16.3 Å². The van der Waals surface area contributed by atoms with Crippen molar-refractivity contribution in [3.05, 3.63) is 0 Å². The van der Waals surface area contributed by atoms with Crippen molar-refractivity contribution in [1.82, 2.24) is 5.32 Å². The first-order valence-electron chi connectivity index (χ1n) is 6.45. The van der Waals surface area contributed by atoms with Gasteiger partial charge in [-0.1, -0.05) is 39.8 Å². The van der Waals surface area contributed by atoms with Gasteiger partial charge in [-0.15, -0.1) is 0 Å². The molecule has 5 heteroatoms.